The Kier molecular flexibility index (Phi) is 4.40. The van der Waals surface area contributed by atoms with E-state index >= 15 is 0 Å². The van der Waals surface area contributed by atoms with E-state index in [9.17, 15) is 8.78 Å². The van der Waals surface area contributed by atoms with Gasteiger partial charge < -0.3 is 15.4 Å². The van der Waals surface area contributed by atoms with Gasteiger partial charge >= 0.3 is 0 Å². The SMILES string of the molecule is CN=C(NCc1cc(F)ccc1F)NC1C2CCOC2C12CCCC2. The molecule has 6 heteroatoms. The molecular weight excluding hydrogens is 324 g/mol. The zero-order valence-corrected chi connectivity index (χ0v) is 14.5. The highest BCUT2D eigenvalue weighted by molar-refractivity contribution is 5.80. The van der Waals surface area contributed by atoms with Crippen molar-refractivity contribution in [3.05, 3.63) is 35.4 Å². The van der Waals surface area contributed by atoms with E-state index in [2.05, 4.69) is 15.6 Å². The quantitative estimate of drug-likeness (QED) is 0.651. The monoisotopic (exact) mass is 349 g/mol. The Morgan fingerprint density at radius 2 is 2.12 bits per heavy atom. The lowest BCUT2D eigenvalue weighted by molar-refractivity contribution is -0.125. The highest BCUT2D eigenvalue weighted by Crippen LogP contribution is 2.60. The van der Waals surface area contributed by atoms with E-state index in [0.29, 0.717) is 29.6 Å². The maximum atomic E-state index is 13.8. The number of ether oxygens (including phenoxy) is 1. The van der Waals surface area contributed by atoms with E-state index in [-0.39, 0.29) is 12.0 Å². The standard InChI is InChI=1S/C19H25F2N3O/c1-22-18(23-11-12-10-13(20)4-5-15(12)21)24-16-14-6-9-25-17(14)19(16)7-2-3-8-19/h4-5,10,14,16-17H,2-3,6-9,11H2,1H3,(H2,22,23,24). The van der Waals surface area contributed by atoms with Crippen molar-refractivity contribution in [1.82, 2.24) is 10.6 Å². The molecular formula is C19H25F2N3O. The third-order valence-corrected chi connectivity index (χ3v) is 6.26. The fourth-order valence-corrected chi connectivity index (χ4v) is 5.10. The summed E-state index contributed by atoms with van der Waals surface area (Å²) in [6, 6.07) is 3.86. The Morgan fingerprint density at radius 1 is 1.32 bits per heavy atom. The van der Waals surface area contributed by atoms with E-state index in [1.165, 1.54) is 31.7 Å². The first-order valence-electron chi connectivity index (χ1n) is 9.17. The van der Waals surface area contributed by atoms with E-state index in [1.807, 2.05) is 0 Å². The van der Waals surface area contributed by atoms with Gasteiger partial charge in [0.05, 0.1) is 6.10 Å². The molecule has 4 rings (SSSR count). The Hall–Kier alpha value is -1.69. The van der Waals surface area contributed by atoms with Crippen LogP contribution in [0.15, 0.2) is 23.2 Å². The summed E-state index contributed by atoms with van der Waals surface area (Å²) in [4.78, 5) is 4.28. The molecule has 0 bridgehead atoms. The second-order valence-corrected chi connectivity index (χ2v) is 7.47. The van der Waals surface area contributed by atoms with Gasteiger partial charge in [0, 0.05) is 43.1 Å². The van der Waals surface area contributed by atoms with Gasteiger partial charge in [0.25, 0.3) is 0 Å². The molecule has 0 amide bonds. The van der Waals surface area contributed by atoms with E-state index in [4.69, 9.17) is 4.74 Å². The van der Waals surface area contributed by atoms with Crippen LogP contribution in [0, 0.1) is 23.0 Å². The number of nitrogens with zero attached hydrogens (tertiary/aromatic N) is 1. The Morgan fingerprint density at radius 3 is 2.88 bits per heavy atom. The normalized spacial score (nSPS) is 30.2. The molecule has 1 aliphatic heterocycles. The van der Waals surface area contributed by atoms with Crippen molar-refractivity contribution in [3.8, 4) is 0 Å². The van der Waals surface area contributed by atoms with Crippen LogP contribution in [0.2, 0.25) is 0 Å². The Balaban J connectivity index is 1.43. The minimum atomic E-state index is -0.434. The summed E-state index contributed by atoms with van der Waals surface area (Å²) < 4.78 is 33.1. The molecule has 1 heterocycles. The van der Waals surface area contributed by atoms with E-state index < -0.39 is 11.6 Å². The molecule has 1 spiro atoms. The highest BCUT2D eigenvalue weighted by atomic mass is 19.1. The molecule has 3 atom stereocenters. The molecule has 2 N–H and O–H groups in total. The summed E-state index contributed by atoms with van der Waals surface area (Å²) in [6.45, 7) is 1.05. The average molecular weight is 349 g/mol. The molecule has 3 aliphatic rings. The second kappa shape index (κ2) is 6.56. The van der Waals surface area contributed by atoms with Crippen LogP contribution >= 0.6 is 0 Å². The molecule has 25 heavy (non-hydrogen) atoms. The summed E-state index contributed by atoms with van der Waals surface area (Å²) in [7, 11) is 1.71. The van der Waals surface area contributed by atoms with Crippen molar-refractivity contribution in [2.45, 2.75) is 50.8 Å². The van der Waals surface area contributed by atoms with Crippen LogP contribution in [0.25, 0.3) is 0 Å². The lowest BCUT2D eigenvalue weighted by Gasteiger charge is -2.57. The number of benzene rings is 1. The Bertz CT molecular complexity index is 673. The second-order valence-electron chi connectivity index (χ2n) is 7.47. The maximum absolute atomic E-state index is 13.8. The summed E-state index contributed by atoms with van der Waals surface area (Å²) in [5, 5.41) is 6.68. The number of nitrogens with one attached hydrogen (secondary N) is 2. The predicted molar refractivity (Wildman–Crippen MR) is 92.2 cm³/mol. The fraction of sp³-hybridized carbons (Fsp3) is 0.632. The first-order valence-corrected chi connectivity index (χ1v) is 9.17. The average Bonchev–Trinajstić information content (AvgIpc) is 3.26. The fourth-order valence-electron chi connectivity index (χ4n) is 5.10. The van der Waals surface area contributed by atoms with Gasteiger partial charge in [-0.3, -0.25) is 4.99 Å². The third kappa shape index (κ3) is 2.80. The van der Waals surface area contributed by atoms with Crippen molar-refractivity contribution in [1.29, 1.82) is 0 Å². The van der Waals surface area contributed by atoms with Crippen LogP contribution in [0.5, 0.6) is 0 Å². The van der Waals surface area contributed by atoms with E-state index in [1.54, 1.807) is 7.05 Å². The summed E-state index contributed by atoms with van der Waals surface area (Å²) in [5.41, 5.74) is 0.525. The number of aliphatic imine (C=N–C) groups is 1. The minimum absolute atomic E-state index is 0.202. The van der Waals surface area contributed by atoms with Crippen LogP contribution in [0.3, 0.4) is 0 Å². The van der Waals surface area contributed by atoms with Crippen LogP contribution < -0.4 is 10.6 Å². The number of hydrogen-bond acceptors (Lipinski definition) is 2. The van der Waals surface area contributed by atoms with E-state index in [0.717, 1.165) is 25.2 Å². The Labute approximate surface area is 147 Å². The maximum Gasteiger partial charge on any atom is 0.191 e. The number of hydrogen-bond donors (Lipinski definition) is 2. The first kappa shape index (κ1) is 16.8. The van der Waals surface area contributed by atoms with Crippen molar-refractivity contribution < 1.29 is 13.5 Å². The summed E-state index contributed by atoms with van der Waals surface area (Å²) >= 11 is 0. The van der Waals surface area contributed by atoms with Gasteiger partial charge in [0.15, 0.2) is 5.96 Å². The molecule has 1 aromatic carbocycles. The van der Waals surface area contributed by atoms with Gasteiger partial charge in [-0.1, -0.05) is 12.8 Å². The molecule has 0 radical (unpaired) electrons. The molecule has 2 saturated carbocycles. The largest absolute Gasteiger partial charge is 0.377 e. The lowest BCUT2D eigenvalue weighted by Crippen LogP contribution is -2.69. The molecule has 1 aromatic rings. The molecule has 3 unspecified atom stereocenters. The van der Waals surface area contributed by atoms with Gasteiger partial charge in [-0.15, -0.1) is 0 Å². The topological polar surface area (TPSA) is 45.7 Å². The molecule has 3 fully saturated rings. The minimum Gasteiger partial charge on any atom is -0.377 e. The van der Waals surface area contributed by atoms with Gasteiger partial charge in [-0.05, 0) is 37.5 Å². The number of halogens is 2. The van der Waals surface area contributed by atoms with Crippen LogP contribution in [-0.4, -0.2) is 31.8 Å². The molecule has 4 nitrogen and oxygen atoms in total. The zero-order chi connectivity index (χ0) is 17.4. The molecule has 1 saturated heterocycles. The van der Waals surface area contributed by atoms with Crippen LogP contribution in [0.4, 0.5) is 8.78 Å². The van der Waals surface area contributed by atoms with Crippen LogP contribution in [-0.2, 0) is 11.3 Å². The highest BCUT2D eigenvalue weighted by Gasteiger charge is 2.65. The predicted octanol–water partition coefficient (Wildman–Crippen LogP) is 2.98. The molecule has 2 aliphatic carbocycles. The summed E-state index contributed by atoms with van der Waals surface area (Å²) in [5.74, 6) is 0.327. The molecule has 0 aromatic heterocycles. The first-order chi connectivity index (χ1) is 12.1. The number of guanidine groups is 1. The van der Waals surface area contributed by atoms with Crippen molar-refractivity contribution in [2.24, 2.45) is 16.3 Å². The van der Waals surface area contributed by atoms with Crippen molar-refractivity contribution in [2.75, 3.05) is 13.7 Å². The smallest absolute Gasteiger partial charge is 0.191 e. The van der Waals surface area contributed by atoms with Gasteiger partial charge in [0.1, 0.15) is 11.6 Å². The number of fused-ring (bicyclic) bond motifs is 2. The van der Waals surface area contributed by atoms with Gasteiger partial charge in [-0.2, -0.15) is 0 Å². The number of rotatable bonds is 3. The summed E-state index contributed by atoms with van der Waals surface area (Å²) in [6.07, 6.45) is 6.37. The van der Waals surface area contributed by atoms with Crippen molar-refractivity contribution >= 4 is 5.96 Å². The lowest BCUT2D eigenvalue weighted by atomic mass is 9.54. The van der Waals surface area contributed by atoms with Crippen LogP contribution in [0.1, 0.15) is 37.7 Å². The van der Waals surface area contributed by atoms with Gasteiger partial charge in [0.2, 0.25) is 0 Å². The van der Waals surface area contributed by atoms with Gasteiger partial charge in [-0.25, -0.2) is 8.78 Å². The molecule has 136 valence electrons. The van der Waals surface area contributed by atoms with Crippen molar-refractivity contribution in [3.63, 3.8) is 0 Å². The zero-order valence-electron chi connectivity index (χ0n) is 14.5. The third-order valence-electron chi connectivity index (χ3n) is 6.26.